The minimum absolute atomic E-state index is 0.0326. The molecule has 6 heterocycles. The number of carbonyl (C=O) groups is 7. The molecule has 21 nitrogen and oxygen atoms in total. The molecular formula is C51H57FN8O13. The number of imide groups is 2. The normalized spacial score (nSPS) is 16.0. The summed E-state index contributed by atoms with van der Waals surface area (Å²) in [5.41, 5.74) is 2.44. The molecule has 0 radical (unpaired) electrons. The largest absolute Gasteiger partial charge is 0.490 e. The number of anilines is 2. The van der Waals surface area contributed by atoms with E-state index in [1.807, 2.05) is 0 Å². The zero-order valence-electron chi connectivity index (χ0n) is 40.5. The number of fused-ring (bicyclic) bond motifs is 2. The van der Waals surface area contributed by atoms with Gasteiger partial charge in [0.1, 0.15) is 17.9 Å². The SMILES string of the molecule is CC(=O)c1cc(C(=O)Nc2cc(CO)cc(-c3cnn(C)c3)c2F)c2cc(OC3CCN(C(=O)CCOCCOCCOCCOCCNc4cccc5c4C(=O)N(C4CCC(=O)NC4=O)C5=O)CC3)ccn12. The van der Waals surface area contributed by atoms with Gasteiger partial charge >= 0.3 is 0 Å². The van der Waals surface area contributed by atoms with Crippen LogP contribution in [0.5, 0.6) is 5.75 Å². The van der Waals surface area contributed by atoms with Crippen LogP contribution in [0.4, 0.5) is 15.8 Å². The van der Waals surface area contributed by atoms with Crippen LogP contribution in [0.15, 0.2) is 67.1 Å². The van der Waals surface area contributed by atoms with Gasteiger partial charge in [-0.1, -0.05) is 6.07 Å². The zero-order chi connectivity index (χ0) is 51.6. The summed E-state index contributed by atoms with van der Waals surface area (Å²) in [6.07, 6.45) is 6.02. The highest BCUT2D eigenvalue weighted by molar-refractivity contribution is 6.25. The minimum atomic E-state index is -1.04. The summed E-state index contributed by atoms with van der Waals surface area (Å²) >= 11 is 0. The van der Waals surface area contributed by atoms with Gasteiger partial charge in [-0.05, 0) is 48.4 Å². The number of aromatic nitrogens is 3. The lowest BCUT2D eigenvalue weighted by atomic mass is 10.0. The number of hydrogen-bond acceptors (Lipinski definition) is 15. The first-order valence-electron chi connectivity index (χ1n) is 24.0. The standard InChI is InChI=1S/C51H57FN8O13/c1-31(62)42-27-38(48(65)55-40-25-32(30-61)24-37(47(40)52)33-28-54-57(2)29-33)43-26-35(10-15-59(42)43)73-34-8-13-58(14-9-34)45(64)11-16-69-18-20-71-22-23-72-21-19-70-17-12-53-39-5-3-4-36-46(39)51(68)60(50(36)67)41-6-7-44(63)56-49(41)66/h3-5,10,15,24-29,34,41,53,61H,6-9,11-14,16-23,30H2,1-2H3,(H,55,65)(H,56,63,66). The number of amides is 6. The number of nitrogens with zero attached hydrogens (tertiary/aromatic N) is 5. The van der Waals surface area contributed by atoms with E-state index in [0.717, 1.165) is 4.90 Å². The predicted molar refractivity (Wildman–Crippen MR) is 260 cm³/mol. The third-order valence-corrected chi connectivity index (χ3v) is 12.6. The fourth-order valence-electron chi connectivity index (χ4n) is 8.95. The molecule has 0 bridgehead atoms. The highest BCUT2D eigenvalue weighted by atomic mass is 19.1. The van der Waals surface area contributed by atoms with Crippen LogP contribution in [-0.2, 0) is 47.0 Å². The van der Waals surface area contributed by atoms with Crippen LogP contribution < -0.4 is 20.7 Å². The maximum Gasteiger partial charge on any atom is 0.264 e. The second-order valence-corrected chi connectivity index (χ2v) is 17.6. The van der Waals surface area contributed by atoms with Crippen LogP contribution in [0, 0.1) is 5.82 Å². The summed E-state index contributed by atoms with van der Waals surface area (Å²) in [5, 5.41) is 22.0. The van der Waals surface area contributed by atoms with Crippen molar-refractivity contribution in [3.05, 3.63) is 101 Å². The van der Waals surface area contributed by atoms with E-state index in [-0.39, 0.29) is 83.9 Å². The van der Waals surface area contributed by atoms with Crippen LogP contribution in [-0.4, -0.2) is 155 Å². The molecule has 4 N–H and O–H groups in total. The number of aliphatic hydroxyl groups is 1. The molecule has 8 rings (SSSR count). The third kappa shape index (κ3) is 12.3. The zero-order valence-corrected chi connectivity index (χ0v) is 40.5. The van der Waals surface area contributed by atoms with Gasteiger partial charge in [0.2, 0.25) is 17.7 Å². The Morgan fingerprint density at radius 3 is 2.23 bits per heavy atom. The molecule has 386 valence electrons. The van der Waals surface area contributed by atoms with Crippen molar-refractivity contribution >= 4 is 58.1 Å². The fraction of sp³-hybridized carbons (Fsp3) is 0.412. The monoisotopic (exact) mass is 1010 g/mol. The van der Waals surface area contributed by atoms with Gasteiger partial charge < -0.3 is 48.7 Å². The Kier molecular flexibility index (Phi) is 17.0. The molecule has 3 aromatic heterocycles. The first kappa shape index (κ1) is 52.0. The fourth-order valence-corrected chi connectivity index (χ4v) is 8.95. The van der Waals surface area contributed by atoms with Gasteiger partial charge in [-0.3, -0.25) is 48.5 Å². The molecule has 1 unspecified atom stereocenters. The van der Waals surface area contributed by atoms with Crippen LogP contribution in [0.25, 0.3) is 16.6 Å². The third-order valence-electron chi connectivity index (χ3n) is 12.6. The molecular weight excluding hydrogens is 952 g/mol. The van der Waals surface area contributed by atoms with Gasteiger partial charge in [0.25, 0.3) is 17.7 Å². The number of likely N-dealkylation sites (tertiary alicyclic amines) is 1. The highest BCUT2D eigenvalue weighted by Gasteiger charge is 2.45. The van der Waals surface area contributed by atoms with Crippen molar-refractivity contribution in [2.45, 2.75) is 57.8 Å². The number of nitrogens with one attached hydrogen (secondary N) is 3. The topological polar surface area (TPSA) is 251 Å². The Hall–Kier alpha value is -7.37. The lowest BCUT2D eigenvalue weighted by Crippen LogP contribution is -2.54. The number of piperidine rings is 2. The van der Waals surface area contributed by atoms with E-state index < -0.39 is 41.4 Å². The Labute approximate surface area is 418 Å². The molecule has 1 atom stereocenters. The van der Waals surface area contributed by atoms with Gasteiger partial charge in [0, 0.05) is 88.1 Å². The van der Waals surface area contributed by atoms with Crippen molar-refractivity contribution in [2.24, 2.45) is 7.05 Å². The second-order valence-electron chi connectivity index (χ2n) is 17.6. The summed E-state index contributed by atoms with van der Waals surface area (Å²) in [4.78, 5) is 92.3. The molecule has 0 spiro atoms. The Bertz CT molecular complexity index is 2890. The average Bonchev–Trinajstić information content (AvgIpc) is 4.06. The molecule has 0 saturated carbocycles. The van der Waals surface area contributed by atoms with Crippen molar-refractivity contribution in [3.63, 3.8) is 0 Å². The number of ketones is 1. The quantitative estimate of drug-likeness (QED) is 0.0390. The van der Waals surface area contributed by atoms with Crippen molar-refractivity contribution in [1.82, 2.24) is 29.3 Å². The van der Waals surface area contributed by atoms with Crippen LogP contribution in [0.1, 0.15) is 86.2 Å². The number of pyridine rings is 1. The number of hydrogen-bond donors (Lipinski definition) is 4. The van der Waals surface area contributed by atoms with Crippen LogP contribution >= 0.6 is 0 Å². The molecule has 0 aliphatic carbocycles. The molecule has 3 aliphatic heterocycles. The average molecular weight is 1010 g/mol. The van der Waals surface area contributed by atoms with Gasteiger partial charge in [-0.25, -0.2) is 4.39 Å². The Morgan fingerprint density at radius 2 is 1.56 bits per heavy atom. The van der Waals surface area contributed by atoms with Gasteiger partial charge in [-0.2, -0.15) is 5.10 Å². The van der Waals surface area contributed by atoms with Crippen molar-refractivity contribution in [1.29, 1.82) is 0 Å². The number of aryl methyl sites for hydroxylation is 1. The van der Waals surface area contributed by atoms with Gasteiger partial charge in [0.15, 0.2) is 11.6 Å². The van der Waals surface area contributed by atoms with E-state index >= 15 is 4.39 Å². The first-order chi connectivity index (χ1) is 35.3. The van der Waals surface area contributed by atoms with Crippen molar-refractivity contribution in [2.75, 3.05) is 83.1 Å². The van der Waals surface area contributed by atoms with E-state index in [0.29, 0.717) is 107 Å². The Morgan fingerprint density at radius 1 is 0.849 bits per heavy atom. The summed E-state index contributed by atoms with van der Waals surface area (Å²) in [5.74, 6) is -3.47. The maximum absolute atomic E-state index is 15.8. The lowest BCUT2D eigenvalue weighted by Gasteiger charge is -2.32. The van der Waals surface area contributed by atoms with E-state index in [1.165, 1.54) is 42.1 Å². The maximum atomic E-state index is 15.8. The van der Waals surface area contributed by atoms with Crippen LogP contribution in [0.2, 0.25) is 0 Å². The van der Waals surface area contributed by atoms with Gasteiger partial charge in [-0.15, -0.1) is 0 Å². The number of carbonyl (C=O) groups excluding carboxylic acids is 7. The smallest absolute Gasteiger partial charge is 0.264 e. The summed E-state index contributed by atoms with van der Waals surface area (Å²) in [6, 6.07) is 11.5. The molecule has 3 aliphatic rings. The number of aliphatic hydroxyl groups excluding tert-OH is 1. The van der Waals surface area contributed by atoms with E-state index in [1.54, 1.807) is 53.0 Å². The van der Waals surface area contributed by atoms with E-state index in [9.17, 15) is 38.7 Å². The van der Waals surface area contributed by atoms with Crippen molar-refractivity contribution < 1.29 is 66.7 Å². The second kappa shape index (κ2) is 23.9. The van der Waals surface area contributed by atoms with Crippen LogP contribution in [0.3, 0.4) is 0 Å². The molecule has 6 amide bonds. The summed E-state index contributed by atoms with van der Waals surface area (Å²) in [7, 11) is 1.69. The molecule has 22 heteroatoms. The number of Topliss-reactive ketones (excluding diaryl/α,β-unsaturated/α-hetero) is 1. The molecule has 2 saturated heterocycles. The molecule has 2 fully saturated rings. The predicted octanol–water partition coefficient (Wildman–Crippen LogP) is 3.77. The number of ether oxygens (including phenoxy) is 5. The summed E-state index contributed by atoms with van der Waals surface area (Å²) in [6.45, 7) is 4.82. The molecule has 73 heavy (non-hydrogen) atoms. The summed E-state index contributed by atoms with van der Waals surface area (Å²) < 4.78 is 47.6. The molecule has 5 aromatic rings. The van der Waals surface area contributed by atoms with Crippen molar-refractivity contribution in [3.8, 4) is 16.9 Å². The van der Waals surface area contributed by atoms with E-state index in [2.05, 4.69) is 21.0 Å². The van der Waals surface area contributed by atoms with E-state index in [4.69, 9.17) is 23.7 Å². The van der Waals surface area contributed by atoms with Gasteiger partial charge in [0.05, 0.1) is 106 Å². The highest BCUT2D eigenvalue weighted by Crippen LogP contribution is 2.34. The number of benzene rings is 2. The molecule has 2 aromatic carbocycles. The number of rotatable bonds is 24. The first-order valence-corrected chi connectivity index (χ1v) is 24.0. The number of halogens is 1. The Balaban J connectivity index is 0.684. The minimum Gasteiger partial charge on any atom is -0.490 e. The lowest BCUT2D eigenvalue weighted by molar-refractivity contribution is -0.136.